The third kappa shape index (κ3) is 5.41. The monoisotopic (exact) mass is 566 g/mol. The highest BCUT2D eigenvalue weighted by Gasteiger charge is 2.34. The Bertz CT molecular complexity index is 1620. The maximum absolute atomic E-state index is 4.29. The molecule has 0 spiro atoms. The number of aryl methyl sites for hydroxylation is 2. The van der Waals surface area contributed by atoms with Crippen molar-refractivity contribution >= 4 is 17.2 Å². The first-order valence-electron chi connectivity index (χ1n) is 17.2. The molecule has 0 radical (unpaired) electrons. The first kappa shape index (κ1) is 28.6. The summed E-state index contributed by atoms with van der Waals surface area (Å²) in [6, 6.07) is 19.0. The largest absolute Gasteiger partial charge is 0.0998 e. The molecule has 3 aromatic carbocycles. The van der Waals surface area contributed by atoms with Gasteiger partial charge in [-0.25, -0.2) is 0 Å². The van der Waals surface area contributed by atoms with Crippen LogP contribution in [0.3, 0.4) is 0 Å². The maximum Gasteiger partial charge on any atom is 0.000174 e. The van der Waals surface area contributed by atoms with E-state index in [9.17, 15) is 0 Å². The zero-order valence-electron chi connectivity index (χ0n) is 27.2. The summed E-state index contributed by atoms with van der Waals surface area (Å²) in [6.07, 6.45) is 17.1. The topological polar surface area (TPSA) is 0 Å². The second kappa shape index (κ2) is 11.4. The quantitative estimate of drug-likeness (QED) is 0.250. The van der Waals surface area contributed by atoms with Crippen LogP contribution in [-0.4, -0.2) is 0 Å². The minimum atomic E-state index is 0.530. The molecule has 2 fully saturated rings. The Hall–Kier alpha value is -3.12. The number of hydrogen-bond acceptors (Lipinski definition) is 0. The molecule has 0 aromatic heterocycles. The fourth-order valence-corrected chi connectivity index (χ4v) is 8.89. The van der Waals surface area contributed by atoms with Crippen LogP contribution < -0.4 is 0 Å². The van der Waals surface area contributed by atoms with E-state index < -0.39 is 0 Å². The van der Waals surface area contributed by atoms with Gasteiger partial charge in [-0.2, -0.15) is 0 Å². The van der Waals surface area contributed by atoms with Crippen LogP contribution in [0.4, 0.5) is 0 Å². The first-order valence-corrected chi connectivity index (χ1v) is 17.2. The van der Waals surface area contributed by atoms with Gasteiger partial charge in [-0.05, 0) is 163 Å². The molecule has 0 N–H and O–H groups in total. The van der Waals surface area contributed by atoms with Crippen LogP contribution in [0.1, 0.15) is 116 Å². The van der Waals surface area contributed by atoms with Crippen molar-refractivity contribution in [1.29, 1.82) is 0 Å². The molecule has 43 heavy (non-hydrogen) atoms. The van der Waals surface area contributed by atoms with Crippen molar-refractivity contribution in [3.05, 3.63) is 111 Å². The van der Waals surface area contributed by atoms with E-state index in [1.54, 1.807) is 16.7 Å². The number of allylic oxidation sites excluding steroid dienone is 4. The van der Waals surface area contributed by atoms with Crippen molar-refractivity contribution in [2.24, 2.45) is 23.7 Å². The lowest BCUT2D eigenvalue weighted by atomic mass is 9.67. The Morgan fingerprint density at radius 2 is 1.60 bits per heavy atom. The summed E-state index contributed by atoms with van der Waals surface area (Å²) < 4.78 is 0. The lowest BCUT2D eigenvalue weighted by Gasteiger charge is -2.39. The molecule has 0 bridgehead atoms. The van der Waals surface area contributed by atoms with Gasteiger partial charge in [-0.15, -0.1) is 0 Å². The molecule has 0 saturated heterocycles. The highest BCUT2D eigenvalue weighted by Crippen LogP contribution is 2.49. The Balaban J connectivity index is 1.16. The van der Waals surface area contributed by atoms with Crippen molar-refractivity contribution in [3.63, 3.8) is 0 Å². The van der Waals surface area contributed by atoms with Gasteiger partial charge in [0, 0.05) is 5.92 Å². The van der Waals surface area contributed by atoms with Crippen molar-refractivity contribution in [2.45, 2.75) is 98.3 Å². The maximum atomic E-state index is 4.29. The average molecular weight is 567 g/mol. The van der Waals surface area contributed by atoms with E-state index in [2.05, 4.69) is 102 Å². The molecule has 2 saturated carbocycles. The van der Waals surface area contributed by atoms with E-state index >= 15 is 0 Å². The fraction of sp³-hybridized carbons (Fsp3) is 0.442. The van der Waals surface area contributed by atoms with E-state index in [4.69, 9.17) is 0 Å². The van der Waals surface area contributed by atoms with Crippen LogP contribution in [-0.2, 0) is 12.8 Å². The van der Waals surface area contributed by atoms with E-state index in [0.717, 1.165) is 36.5 Å². The molecule has 222 valence electrons. The predicted molar refractivity (Wildman–Crippen MR) is 186 cm³/mol. The lowest BCUT2D eigenvalue weighted by molar-refractivity contribution is 0.137. The minimum Gasteiger partial charge on any atom is -0.0998 e. The van der Waals surface area contributed by atoms with E-state index in [0.29, 0.717) is 5.92 Å². The smallest absolute Gasteiger partial charge is 0.000174 e. The molecule has 4 aliphatic carbocycles. The summed E-state index contributed by atoms with van der Waals surface area (Å²) >= 11 is 0. The normalized spacial score (nSPS) is 25.9. The van der Waals surface area contributed by atoms with Gasteiger partial charge in [0.15, 0.2) is 0 Å². The van der Waals surface area contributed by atoms with Gasteiger partial charge in [-0.3, -0.25) is 0 Å². The van der Waals surface area contributed by atoms with Gasteiger partial charge >= 0.3 is 0 Å². The van der Waals surface area contributed by atoms with Gasteiger partial charge in [0.2, 0.25) is 0 Å². The number of hydrogen-bond donors (Lipinski definition) is 0. The lowest BCUT2D eigenvalue weighted by Crippen LogP contribution is -2.27. The fourth-order valence-electron chi connectivity index (χ4n) is 8.89. The van der Waals surface area contributed by atoms with Crippen molar-refractivity contribution in [1.82, 2.24) is 0 Å². The molecule has 0 heterocycles. The Kier molecular flexibility index (Phi) is 7.61. The van der Waals surface area contributed by atoms with Gasteiger partial charge < -0.3 is 0 Å². The molecule has 3 aromatic rings. The molecule has 7 rings (SSSR count). The predicted octanol–water partition coefficient (Wildman–Crippen LogP) is 11.9. The third-order valence-electron chi connectivity index (χ3n) is 11.7. The standard InChI is InChI=1S/C43H50/c1-26(2)19-39-29(5)20-37-23-36(25-41(37)43(39)33-12-7-27(3)8-13-33)35-17-18-38-30(6)21-40(42(38)24-35)32-15-10-31(11-16-32)22-34-14-9-28(34)4/h7-8,12-13,17-18,20-21,23-24,28,30-32,34H,1,9-11,14-16,19,22,25H2,2-6H3. The number of benzene rings is 3. The SMILES string of the molecule is C=C(C)Cc1c(C)cc2c(c1-c1ccc(C)cc1)CC(c1ccc3c(c1)C(C1CCC(CC4CCC4C)CC1)=CC3C)=C2. The van der Waals surface area contributed by atoms with Crippen LogP contribution in [0.15, 0.2) is 66.8 Å². The summed E-state index contributed by atoms with van der Waals surface area (Å²) in [4.78, 5) is 0. The second-order valence-electron chi connectivity index (χ2n) is 14.9. The molecule has 4 aliphatic rings. The number of fused-ring (bicyclic) bond motifs is 2. The van der Waals surface area contributed by atoms with Crippen molar-refractivity contribution < 1.29 is 0 Å². The minimum absolute atomic E-state index is 0.530. The molecule has 0 amide bonds. The van der Waals surface area contributed by atoms with Crippen LogP contribution >= 0.6 is 0 Å². The average Bonchev–Trinajstić information content (AvgIpc) is 3.56. The Morgan fingerprint density at radius 3 is 2.28 bits per heavy atom. The van der Waals surface area contributed by atoms with Crippen LogP contribution in [0.25, 0.3) is 28.3 Å². The molecular formula is C43H50. The highest BCUT2D eigenvalue weighted by molar-refractivity contribution is 5.94. The molecule has 0 aliphatic heterocycles. The molecule has 3 unspecified atom stereocenters. The third-order valence-corrected chi connectivity index (χ3v) is 11.7. The summed E-state index contributed by atoms with van der Waals surface area (Å²) in [6.45, 7) is 15.8. The van der Waals surface area contributed by atoms with Gasteiger partial charge in [0.1, 0.15) is 0 Å². The summed E-state index contributed by atoms with van der Waals surface area (Å²) in [5.74, 6) is 4.24. The van der Waals surface area contributed by atoms with Gasteiger partial charge in [0.25, 0.3) is 0 Å². The van der Waals surface area contributed by atoms with Crippen molar-refractivity contribution in [3.8, 4) is 11.1 Å². The molecule has 0 nitrogen and oxygen atoms in total. The summed E-state index contributed by atoms with van der Waals surface area (Å²) in [5.41, 5.74) is 18.7. The second-order valence-corrected chi connectivity index (χ2v) is 14.9. The van der Waals surface area contributed by atoms with Gasteiger partial charge in [-0.1, -0.05) is 92.6 Å². The Morgan fingerprint density at radius 1 is 0.860 bits per heavy atom. The summed E-state index contributed by atoms with van der Waals surface area (Å²) in [5, 5.41) is 0. The molecule has 0 heteroatoms. The van der Waals surface area contributed by atoms with Crippen LogP contribution in [0, 0.1) is 37.5 Å². The van der Waals surface area contributed by atoms with E-state index in [-0.39, 0.29) is 0 Å². The van der Waals surface area contributed by atoms with E-state index in [1.165, 1.54) is 101 Å². The highest BCUT2D eigenvalue weighted by atomic mass is 14.4. The Labute approximate surface area is 261 Å². The summed E-state index contributed by atoms with van der Waals surface area (Å²) in [7, 11) is 0. The van der Waals surface area contributed by atoms with E-state index in [1.807, 2.05) is 0 Å². The van der Waals surface area contributed by atoms with Crippen molar-refractivity contribution in [2.75, 3.05) is 0 Å². The van der Waals surface area contributed by atoms with Crippen LogP contribution in [0.2, 0.25) is 0 Å². The zero-order chi connectivity index (χ0) is 29.8. The van der Waals surface area contributed by atoms with Gasteiger partial charge in [0.05, 0.1) is 0 Å². The number of rotatable bonds is 7. The zero-order valence-corrected chi connectivity index (χ0v) is 27.2. The van der Waals surface area contributed by atoms with Crippen LogP contribution in [0.5, 0.6) is 0 Å². The first-order chi connectivity index (χ1) is 20.7. The molecular weight excluding hydrogens is 516 g/mol. The molecule has 3 atom stereocenters.